The van der Waals surface area contributed by atoms with Crippen molar-refractivity contribution in [2.75, 3.05) is 12.3 Å². The molecule has 3 heteroatoms. The SMILES string of the molecule is CC#CCCNC(=O)C1CSc2ccccc21. The van der Waals surface area contributed by atoms with Gasteiger partial charge in [0.25, 0.3) is 0 Å². The first-order chi connectivity index (χ1) is 8.33. The van der Waals surface area contributed by atoms with Crippen LogP contribution >= 0.6 is 11.8 Å². The summed E-state index contributed by atoms with van der Waals surface area (Å²) in [6.45, 7) is 2.45. The Labute approximate surface area is 106 Å². The summed E-state index contributed by atoms with van der Waals surface area (Å²) in [5.74, 6) is 6.75. The molecule has 2 nitrogen and oxygen atoms in total. The first-order valence-electron chi connectivity index (χ1n) is 5.72. The zero-order valence-corrected chi connectivity index (χ0v) is 10.6. The average Bonchev–Trinajstić information content (AvgIpc) is 2.78. The lowest BCUT2D eigenvalue weighted by Gasteiger charge is -2.10. The summed E-state index contributed by atoms with van der Waals surface area (Å²) in [6, 6.07) is 8.14. The minimum atomic E-state index is 0.00536. The second-order valence-corrected chi connectivity index (χ2v) is 4.93. The zero-order valence-electron chi connectivity index (χ0n) is 9.82. The Balaban J connectivity index is 1.95. The smallest absolute Gasteiger partial charge is 0.228 e. The summed E-state index contributed by atoms with van der Waals surface area (Å²) in [5, 5.41) is 2.95. The Kier molecular flexibility index (Phi) is 4.11. The molecule has 1 aliphatic rings. The maximum Gasteiger partial charge on any atom is 0.228 e. The first kappa shape index (κ1) is 12.1. The highest BCUT2D eigenvalue weighted by Crippen LogP contribution is 2.39. The second-order valence-electron chi connectivity index (χ2n) is 3.87. The van der Waals surface area contributed by atoms with Gasteiger partial charge in [-0.3, -0.25) is 4.79 Å². The predicted octanol–water partition coefficient (Wildman–Crippen LogP) is 2.41. The molecular weight excluding hydrogens is 230 g/mol. The topological polar surface area (TPSA) is 29.1 Å². The van der Waals surface area contributed by atoms with Gasteiger partial charge < -0.3 is 5.32 Å². The third-order valence-corrected chi connectivity index (χ3v) is 3.93. The highest BCUT2D eigenvalue weighted by molar-refractivity contribution is 7.99. The summed E-state index contributed by atoms with van der Waals surface area (Å²) in [5.41, 5.74) is 1.16. The molecule has 0 saturated heterocycles. The van der Waals surface area contributed by atoms with Gasteiger partial charge in [-0.15, -0.1) is 23.6 Å². The van der Waals surface area contributed by atoms with Gasteiger partial charge in [-0.2, -0.15) is 0 Å². The molecule has 1 amide bonds. The van der Waals surface area contributed by atoms with Crippen LogP contribution in [0.25, 0.3) is 0 Å². The van der Waals surface area contributed by atoms with Crippen LogP contribution in [0.3, 0.4) is 0 Å². The van der Waals surface area contributed by atoms with Gasteiger partial charge in [0.15, 0.2) is 0 Å². The van der Waals surface area contributed by atoms with Gasteiger partial charge in [0.05, 0.1) is 5.92 Å². The fourth-order valence-corrected chi connectivity index (χ4v) is 3.10. The molecule has 1 heterocycles. The molecule has 1 atom stereocenters. The van der Waals surface area contributed by atoms with E-state index in [1.165, 1.54) is 4.90 Å². The molecule has 17 heavy (non-hydrogen) atoms. The van der Waals surface area contributed by atoms with Crippen LogP contribution in [0.15, 0.2) is 29.2 Å². The lowest BCUT2D eigenvalue weighted by Crippen LogP contribution is -2.30. The van der Waals surface area contributed by atoms with Crippen LogP contribution in [0.2, 0.25) is 0 Å². The summed E-state index contributed by atoms with van der Waals surface area (Å²) in [6.07, 6.45) is 0.726. The van der Waals surface area contributed by atoms with Gasteiger partial charge >= 0.3 is 0 Å². The maximum absolute atomic E-state index is 12.0. The molecule has 0 aliphatic carbocycles. The number of amides is 1. The van der Waals surface area contributed by atoms with E-state index in [0.29, 0.717) is 6.54 Å². The largest absolute Gasteiger partial charge is 0.355 e. The van der Waals surface area contributed by atoms with Gasteiger partial charge in [-0.1, -0.05) is 18.2 Å². The maximum atomic E-state index is 12.0. The van der Waals surface area contributed by atoms with Crippen molar-refractivity contribution in [3.8, 4) is 11.8 Å². The van der Waals surface area contributed by atoms with Crippen LogP contribution in [0, 0.1) is 11.8 Å². The summed E-state index contributed by atoms with van der Waals surface area (Å²) in [7, 11) is 0. The monoisotopic (exact) mass is 245 g/mol. The Morgan fingerprint density at radius 2 is 2.35 bits per heavy atom. The summed E-state index contributed by atoms with van der Waals surface area (Å²) < 4.78 is 0. The molecule has 1 aromatic rings. The molecule has 0 radical (unpaired) electrons. The Bertz CT molecular complexity index is 473. The summed E-state index contributed by atoms with van der Waals surface area (Å²) in [4.78, 5) is 13.2. The van der Waals surface area contributed by atoms with Crippen molar-refractivity contribution in [3.05, 3.63) is 29.8 Å². The van der Waals surface area contributed by atoms with E-state index in [-0.39, 0.29) is 11.8 Å². The number of thioether (sulfide) groups is 1. The van der Waals surface area contributed by atoms with E-state index in [1.54, 1.807) is 11.8 Å². The lowest BCUT2D eigenvalue weighted by molar-refractivity contribution is -0.122. The fourth-order valence-electron chi connectivity index (χ4n) is 1.88. The number of carbonyl (C=O) groups is 1. The molecule has 88 valence electrons. The fraction of sp³-hybridized carbons (Fsp3) is 0.357. The van der Waals surface area contributed by atoms with E-state index < -0.39 is 0 Å². The molecule has 1 aromatic carbocycles. The lowest BCUT2D eigenvalue weighted by atomic mass is 10.0. The van der Waals surface area contributed by atoms with Crippen molar-refractivity contribution in [1.82, 2.24) is 5.32 Å². The number of carbonyl (C=O) groups excluding carboxylic acids is 1. The van der Waals surface area contributed by atoms with Crippen molar-refractivity contribution in [2.45, 2.75) is 24.2 Å². The standard InChI is InChI=1S/C14H15NOS/c1-2-3-6-9-15-14(16)12-10-17-13-8-5-4-7-11(12)13/h4-5,7-8,12H,6,9-10H2,1H3,(H,15,16). The molecule has 0 spiro atoms. The number of benzene rings is 1. The molecular formula is C14H15NOS. The Morgan fingerprint density at radius 3 is 3.18 bits per heavy atom. The third-order valence-electron chi connectivity index (χ3n) is 2.74. The molecule has 1 unspecified atom stereocenters. The van der Waals surface area contributed by atoms with Gasteiger partial charge in [0, 0.05) is 23.6 Å². The molecule has 1 aliphatic heterocycles. The highest BCUT2D eigenvalue weighted by Gasteiger charge is 2.28. The average molecular weight is 245 g/mol. The number of nitrogens with one attached hydrogen (secondary N) is 1. The van der Waals surface area contributed by atoms with Crippen LogP contribution in [-0.2, 0) is 4.79 Å². The van der Waals surface area contributed by atoms with Crippen molar-refractivity contribution < 1.29 is 4.79 Å². The van der Waals surface area contributed by atoms with Crippen molar-refractivity contribution in [1.29, 1.82) is 0 Å². The van der Waals surface area contributed by atoms with Gasteiger partial charge in [0.2, 0.25) is 5.91 Å². The van der Waals surface area contributed by atoms with Gasteiger partial charge in [-0.05, 0) is 18.6 Å². The van der Waals surface area contributed by atoms with Crippen molar-refractivity contribution >= 4 is 17.7 Å². The molecule has 0 bridgehead atoms. The van der Waals surface area contributed by atoms with Crippen LogP contribution in [0.5, 0.6) is 0 Å². The highest BCUT2D eigenvalue weighted by atomic mass is 32.2. The summed E-state index contributed by atoms with van der Waals surface area (Å²) >= 11 is 1.76. The van der Waals surface area contributed by atoms with E-state index in [0.717, 1.165) is 17.7 Å². The van der Waals surface area contributed by atoms with E-state index in [1.807, 2.05) is 25.1 Å². The number of hydrogen-bond donors (Lipinski definition) is 1. The normalized spacial score (nSPS) is 16.9. The van der Waals surface area contributed by atoms with Crippen molar-refractivity contribution in [2.24, 2.45) is 0 Å². The zero-order chi connectivity index (χ0) is 12.1. The van der Waals surface area contributed by atoms with Crippen LogP contribution in [0.1, 0.15) is 24.8 Å². The van der Waals surface area contributed by atoms with Gasteiger partial charge in [0.1, 0.15) is 0 Å². The Hall–Kier alpha value is -1.40. The minimum Gasteiger partial charge on any atom is -0.355 e. The van der Waals surface area contributed by atoms with E-state index in [2.05, 4.69) is 23.2 Å². The third kappa shape index (κ3) is 2.83. The molecule has 1 N–H and O–H groups in total. The quantitative estimate of drug-likeness (QED) is 0.654. The number of fused-ring (bicyclic) bond motifs is 1. The van der Waals surface area contributed by atoms with Crippen LogP contribution in [0.4, 0.5) is 0 Å². The molecule has 0 fully saturated rings. The van der Waals surface area contributed by atoms with E-state index in [4.69, 9.17) is 0 Å². The van der Waals surface area contributed by atoms with Crippen LogP contribution in [-0.4, -0.2) is 18.2 Å². The van der Waals surface area contributed by atoms with E-state index in [9.17, 15) is 4.79 Å². The predicted molar refractivity (Wildman–Crippen MR) is 71.0 cm³/mol. The van der Waals surface area contributed by atoms with Gasteiger partial charge in [-0.25, -0.2) is 0 Å². The van der Waals surface area contributed by atoms with Crippen molar-refractivity contribution in [3.63, 3.8) is 0 Å². The van der Waals surface area contributed by atoms with Crippen LogP contribution < -0.4 is 5.32 Å². The number of hydrogen-bond acceptors (Lipinski definition) is 2. The Morgan fingerprint density at radius 1 is 1.53 bits per heavy atom. The molecule has 0 saturated carbocycles. The first-order valence-corrected chi connectivity index (χ1v) is 6.70. The minimum absolute atomic E-state index is 0.00536. The van der Waals surface area contributed by atoms with E-state index >= 15 is 0 Å². The molecule has 0 aromatic heterocycles. The second kappa shape index (κ2) is 5.79. The number of rotatable bonds is 3. The molecule has 2 rings (SSSR count).